The van der Waals surface area contributed by atoms with Gasteiger partial charge in [-0.1, -0.05) is 48.0 Å². The Morgan fingerprint density at radius 2 is 1.82 bits per heavy atom. The van der Waals surface area contributed by atoms with E-state index < -0.39 is 10.8 Å². The Kier molecular flexibility index (Phi) is 7.97. The van der Waals surface area contributed by atoms with Gasteiger partial charge in [0.25, 0.3) is 11.6 Å². The van der Waals surface area contributed by atoms with Gasteiger partial charge in [-0.05, 0) is 49.2 Å². The summed E-state index contributed by atoms with van der Waals surface area (Å²) in [6.07, 6.45) is 1.39. The molecule has 0 saturated heterocycles. The van der Waals surface area contributed by atoms with Crippen molar-refractivity contribution in [2.24, 2.45) is 0 Å². The normalized spacial score (nSPS) is 10.8. The zero-order chi connectivity index (χ0) is 24.5. The van der Waals surface area contributed by atoms with Gasteiger partial charge in [-0.3, -0.25) is 14.9 Å². The van der Waals surface area contributed by atoms with Crippen molar-refractivity contribution in [1.29, 1.82) is 5.26 Å². The van der Waals surface area contributed by atoms with Crippen LogP contribution in [0.4, 0.5) is 11.4 Å². The van der Waals surface area contributed by atoms with Crippen LogP contribution in [0.2, 0.25) is 0 Å². The summed E-state index contributed by atoms with van der Waals surface area (Å²) in [5, 5.41) is 23.1. The Bertz CT molecular complexity index is 1260. The second-order valence-electron chi connectivity index (χ2n) is 7.31. The van der Waals surface area contributed by atoms with Crippen LogP contribution in [0.25, 0.3) is 6.08 Å². The topological polar surface area (TPSA) is 114 Å². The number of rotatable bonds is 9. The van der Waals surface area contributed by atoms with Crippen LogP contribution < -0.4 is 14.8 Å². The zero-order valence-electron chi connectivity index (χ0n) is 18.8. The van der Waals surface area contributed by atoms with Crippen molar-refractivity contribution >= 4 is 23.4 Å². The van der Waals surface area contributed by atoms with Crippen LogP contribution in [0.3, 0.4) is 0 Å². The van der Waals surface area contributed by atoms with Crippen molar-refractivity contribution in [3.8, 4) is 17.6 Å². The minimum atomic E-state index is -0.755. The smallest absolute Gasteiger partial charge is 0.292 e. The van der Waals surface area contributed by atoms with Crippen LogP contribution in [0.1, 0.15) is 23.6 Å². The third kappa shape index (κ3) is 6.20. The summed E-state index contributed by atoms with van der Waals surface area (Å²) in [7, 11) is 0. The summed E-state index contributed by atoms with van der Waals surface area (Å²) in [5.41, 5.74) is 2.24. The molecule has 0 bridgehead atoms. The van der Waals surface area contributed by atoms with Crippen LogP contribution in [-0.4, -0.2) is 17.4 Å². The molecule has 1 N–H and O–H groups in total. The molecular weight excluding hydrogens is 434 g/mol. The van der Waals surface area contributed by atoms with Crippen molar-refractivity contribution in [2.45, 2.75) is 20.5 Å². The van der Waals surface area contributed by atoms with Gasteiger partial charge in [0.05, 0.1) is 11.5 Å². The number of para-hydroxylation sites is 2. The quantitative estimate of drug-likeness (QED) is 0.198. The lowest BCUT2D eigenvalue weighted by molar-refractivity contribution is -0.383. The maximum atomic E-state index is 12.6. The second kappa shape index (κ2) is 11.3. The first kappa shape index (κ1) is 24.0. The molecule has 3 rings (SSSR count). The molecule has 0 heterocycles. The van der Waals surface area contributed by atoms with Gasteiger partial charge < -0.3 is 14.8 Å². The summed E-state index contributed by atoms with van der Waals surface area (Å²) in [6, 6.07) is 20.6. The predicted octanol–water partition coefficient (Wildman–Crippen LogP) is 5.43. The Hall–Kier alpha value is -4.64. The van der Waals surface area contributed by atoms with E-state index in [0.717, 1.165) is 11.1 Å². The summed E-state index contributed by atoms with van der Waals surface area (Å²) >= 11 is 0. The van der Waals surface area contributed by atoms with E-state index in [4.69, 9.17) is 9.47 Å². The van der Waals surface area contributed by atoms with Crippen molar-refractivity contribution in [2.75, 3.05) is 11.9 Å². The van der Waals surface area contributed by atoms with Gasteiger partial charge in [-0.25, -0.2) is 0 Å². The number of nitriles is 1. The predicted molar refractivity (Wildman–Crippen MR) is 128 cm³/mol. The Morgan fingerprint density at radius 3 is 2.50 bits per heavy atom. The highest BCUT2D eigenvalue weighted by Crippen LogP contribution is 2.30. The van der Waals surface area contributed by atoms with Crippen molar-refractivity contribution in [1.82, 2.24) is 0 Å². The van der Waals surface area contributed by atoms with Gasteiger partial charge in [0, 0.05) is 6.07 Å². The number of aryl methyl sites for hydroxylation is 1. The first-order valence-electron chi connectivity index (χ1n) is 10.5. The van der Waals surface area contributed by atoms with Crippen molar-refractivity contribution in [3.05, 3.63) is 99.1 Å². The van der Waals surface area contributed by atoms with Gasteiger partial charge in [0.1, 0.15) is 23.9 Å². The first-order valence-corrected chi connectivity index (χ1v) is 10.5. The highest BCUT2D eigenvalue weighted by molar-refractivity contribution is 6.10. The maximum absolute atomic E-state index is 12.6. The number of nitro groups is 1. The fraction of sp³-hybridized carbons (Fsp3) is 0.154. The number of ether oxygens (including phenoxy) is 2. The van der Waals surface area contributed by atoms with E-state index >= 15 is 0 Å². The largest absolute Gasteiger partial charge is 0.490 e. The van der Waals surface area contributed by atoms with Gasteiger partial charge in [-0.2, -0.15) is 5.26 Å². The number of carbonyl (C=O) groups excluding carboxylic acids is 1. The molecule has 0 aliphatic carbocycles. The SMILES string of the molecule is CCOc1cc(/C=C(\C#N)C(=O)Nc2ccccc2[N+](=O)[O-])ccc1OCc1ccc(C)cc1. The molecule has 8 nitrogen and oxygen atoms in total. The molecule has 8 heteroatoms. The van der Waals surface area contributed by atoms with E-state index in [1.54, 1.807) is 24.3 Å². The molecule has 0 saturated carbocycles. The fourth-order valence-corrected chi connectivity index (χ4v) is 3.09. The number of anilines is 1. The highest BCUT2D eigenvalue weighted by atomic mass is 16.6. The van der Waals surface area contributed by atoms with Crippen molar-refractivity contribution in [3.63, 3.8) is 0 Å². The van der Waals surface area contributed by atoms with E-state index in [1.165, 1.54) is 24.3 Å². The lowest BCUT2D eigenvalue weighted by Gasteiger charge is -2.13. The number of nitrogens with zero attached hydrogens (tertiary/aromatic N) is 2. The number of nitrogens with one attached hydrogen (secondary N) is 1. The molecule has 0 unspecified atom stereocenters. The van der Waals surface area contributed by atoms with Gasteiger partial charge in [-0.15, -0.1) is 0 Å². The molecular formula is C26H23N3O5. The molecule has 0 spiro atoms. The standard InChI is InChI=1S/C26H23N3O5/c1-3-33-25-15-20(12-13-24(25)34-17-19-10-8-18(2)9-11-19)14-21(16-27)26(30)28-22-6-4-5-7-23(22)29(31)32/h4-15H,3,17H2,1-2H3,(H,28,30)/b21-14+. The number of hydrogen-bond donors (Lipinski definition) is 1. The molecule has 172 valence electrons. The Labute approximate surface area is 197 Å². The number of hydrogen-bond acceptors (Lipinski definition) is 6. The molecule has 0 aliphatic rings. The van der Waals surface area contributed by atoms with Crippen LogP contribution in [0.5, 0.6) is 11.5 Å². The van der Waals surface area contributed by atoms with E-state index in [9.17, 15) is 20.2 Å². The number of carbonyl (C=O) groups is 1. The summed E-state index contributed by atoms with van der Waals surface area (Å²) in [5.74, 6) is 0.247. The van der Waals surface area contributed by atoms with Crippen molar-refractivity contribution < 1.29 is 19.2 Å². The Balaban J connectivity index is 1.80. The monoisotopic (exact) mass is 457 g/mol. The average Bonchev–Trinajstić information content (AvgIpc) is 2.83. The van der Waals surface area contributed by atoms with Crippen LogP contribution >= 0.6 is 0 Å². The summed E-state index contributed by atoms with van der Waals surface area (Å²) in [4.78, 5) is 23.2. The number of nitro benzene ring substituents is 1. The third-order valence-electron chi connectivity index (χ3n) is 4.81. The zero-order valence-corrected chi connectivity index (χ0v) is 18.8. The van der Waals surface area contributed by atoms with Crippen LogP contribution in [0.15, 0.2) is 72.3 Å². The van der Waals surface area contributed by atoms with E-state index in [2.05, 4.69) is 5.32 Å². The second-order valence-corrected chi connectivity index (χ2v) is 7.31. The molecule has 0 fully saturated rings. The average molecular weight is 457 g/mol. The molecule has 0 radical (unpaired) electrons. The minimum absolute atomic E-state index is 0.00788. The van der Waals surface area contributed by atoms with Crippen LogP contribution in [-0.2, 0) is 11.4 Å². The molecule has 1 amide bonds. The molecule has 0 aliphatic heterocycles. The fourth-order valence-electron chi connectivity index (χ4n) is 3.09. The summed E-state index contributed by atoms with van der Waals surface area (Å²) < 4.78 is 11.6. The Morgan fingerprint density at radius 1 is 1.09 bits per heavy atom. The maximum Gasteiger partial charge on any atom is 0.292 e. The molecule has 0 aromatic heterocycles. The van der Waals surface area contributed by atoms with Crippen LogP contribution in [0, 0.1) is 28.4 Å². The molecule has 3 aromatic carbocycles. The lowest BCUT2D eigenvalue weighted by atomic mass is 10.1. The summed E-state index contributed by atoms with van der Waals surface area (Å²) in [6.45, 7) is 4.61. The number of benzene rings is 3. The molecule has 0 atom stereocenters. The third-order valence-corrected chi connectivity index (χ3v) is 4.81. The molecule has 34 heavy (non-hydrogen) atoms. The van der Waals surface area contributed by atoms with Gasteiger partial charge in [0.2, 0.25) is 0 Å². The van der Waals surface area contributed by atoms with E-state index in [1.807, 2.05) is 44.2 Å². The minimum Gasteiger partial charge on any atom is -0.490 e. The number of amides is 1. The van der Waals surface area contributed by atoms with Gasteiger partial charge >= 0.3 is 0 Å². The first-order chi connectivity index (χ1) is 16.4. The van der Waals surface area contributed by atoms with E-state index in [-0.39, 0.29) is 16.9 Å². The highest BCUT2D eigenvalue weighted by Gasteiger charge is 2.17. The van der Waals surface area contributed by atoms with Gasteiger partial charge in [0.15, 0.2) is 11.5 Å². The molecule has 3 aromatic rings. The lowest BCUT2D eigenvalue weighted by Crippen LogP contribution is -2.14. The van der Waals surface area contributed by atoms with E-state index in [0.29, 0.717) is 30.3 Å².